The minimum atomic E-state index is -0.200. The molecular weight excluding hydrogens is 356 g/mol. The first-order valence-electron chi connectivity index (χ1n) is 4.35. The van der Waals surface area contributed by atoms with Crippen LogP contribution in [0.15, 0.2) is 44.2 Å². The second-order valence-electron chi connectivity index (χ2n) is 3.08. The fraction of sp³-hybridized carbons (Fsp3) is 0. The molecule has 3 nitrogen and oxygen atoms in total. The number of nitrogens with one attached hydrogen (secondary N) is 1. The van der Waals surface area contributed by atoms with Gasteiger partial charge in [-0.15, -0.1) is 0 Å². The van der Waals surface area contributed by atoms with Crippen LogP contribution in [0.1, 0.15) is 0 Å². The molecule has 0 aliphatic rings. The van der Waals surface area contributed by atoms with Gasteiger partial charge in [0.1, 0.15) is 0 Å². The Labute approximate surface area is 113 Å². The van der Waals surface area contributed by atoms with E-state index in [1.807, 2.05) is 18.2 Å². The van der Waals surface area contributed by atoms with Crippen molar-refractivity contribution in [3.05, 3.63) is 54.5 Å². The zero-order valence-electron chi connectivity index (χ0n) is 7.91. The second-order valence-corrected chi connectivity index (χ2v) is 5.23. The number of H-pyrrole nitrogens is 1. The van der Waals surface area contributed by atoms with Crippen LogP contribution in [0.25, 0.3) is 5.69 Å². The van der Waals surface area contributed by atoms with Gasteiger partial charge < -0.3 is 0 Å². The smallest absolute Gasteiger partial charge is 0.251 e. The van der Waals surface area contributed by atoms with E-state index in [0.29, 0.717) is 4.77 Å². The molecule has 0 atom stereocenters. The summed E-state index contributed by atoms with van der Waals surface area (Å²) in [7, 11) is 0. The average molecular weight is 362 g/mol. The summed E-state index contributed by atoms with van der Waals surface area (Å²) >= 11 is 11.9. The minimum Gasteiger partial charge on any atom is -0.299 e. The number of aromatic amines is 1. The molecule has 0 saturated carbocycles. The van der Waals surface area contributed by atoms with Crippen LogP contribution in [0.2, 0.25) is 0 Å². The summed E-state index contributed by atoms with van der Waals surface area (Å²) in [5.74, 6) is 0. The Morgan fingerprint density at radius 1 is 1.25 bits per heavy atom. The van der Waals surface area contributed by atoms with Crippen LogP contribution >= 0.6 is 44.1 Å². The van der Waals surface area contributed by atoms with Crippen molar-refractivity contribution >= 4 is 44.1 Å². The lowest BCUT2D eigenvalue weighted by Gasteiger charge is -2.08. The number of halogens is 2. The Balaban J connectivity index is 2.68. The van der Waals surface area contributed by atoms with Gasteiger partial charge in [0.05, 0.1) is 5.69 Å². The number of benzene rings is 1. The highest BCUT2D eigenvalue weighted by Crippen LogP contribution is 2.24. The molecule has 6 heteroatoms. The van der Waals surface area contributed by atoms with E-state index in [-0.39, 0.29) is 5.56 Å². The van der Waals surface area contributed by atoms with E-state index in [2.05, 4.69) is 36.8 Å². The van der Waals surface area contributed by atoms with Crippen LogP contribution in [0, 0.1) is 4.77 Å². The SMILES string of the molecule is O=c1ccn(-c2ccc(Br)cc2Br)c(=S)[nH]1. The fourth-order valence-corrected chi connectivity index (χ4v) is 2.78. The first kappa shape index (κ1) is 11.8. The van der Waals surface area contributed by atoms with E-state index in [1.165, 1.54) is 6.07 Å². The summed E-state index contributed by atoms with van der Waals surface area (Å²) in [5.41, 5.74) is 0.680. The molecular formula is C10H6Br2N2OS. The highest BCUT2D eigenvalue weighted by molar-refractivity contribution is 9.11. The van der Waals surface area contributed by atoms with Crippen molar-refractivity contribution in [2.45, 2.75) is 0 Å². The molecule has 0 aliphatic carbocycles. The van der Waals surface area contributed by atoms with Gasteiger partial charge >= 0.3 is 0 Å². The Hall–Kier alpha value is -0.720. The molecule has 0 spiro atoms. The Morgan fingerprint density at radius 3 is 2.62 bits per heavy atom. The monoisotopic (exact) mass is 360 g/mol. The minimum absolute atomic E-state index is 0.200. The van der Waals surface area contributed by atoms with Crippen molar-refractivity contribution < 1.29 is 0 Å². The van der Waals surface area contributed by atoms with Crippen molar-refractivity contribution in [3.8, 4) is 5.69 Å². The van der Waals surface area contributed by atoms with E-state index >= 15 is 0 Å². The number of rotatable bonds is 1. The Morgan fingerprint density at radius 2 is 2.00 bits per heavy atom. The molecule has 1 aromatic carbocycles. The number of hydrogen-bond acceptors (Lipinski definition) is 2. The van der Waals surface area contributed by atoms with Gasteiger partial charge in [-0.3, -0.25) is 14.3 Å². The molecule has 82 valence electrons. The normalized spacial score (nSPS) is 10.4. The molecule has 0 saturated heterocycles. The number of nitrogens with zero attached hydrogens (tertiary/aromatic N) is 1. The van der Waals surface area contributed by atoms with Gasteiger partial charge in [-0.25, -0.2) is 0 Å². The van der Waals surface area contributed by atoms with E-state index in [1.54, 1.807) is 10.8 Å². The van der Waals surface area contributed by atoms with Crippen LogP contribution in [-0.4, -0.2) is 9.55 Å². The highest BCUT2D eigenvalue weighted by Gasteiger charge is 2.03. The van der Waals surface area contributed by atoms with Crippen LogP contribution in [0.5, 0.6) is 0 Å². The molecule has 2 rings (SSSR count). The van der Waals surface area contributed by atoms with Crippen molar-refractivity contribution in [1.82, 2.24) is 9.55 Å². The number of aromatic nitrogens is 2. The first-order valence-corrected chi connectivity index (χ1v) is 6.35. The van der Waals surface area contributed by atoms with Gasteiger partial charge in [0.25, 0.3) is 5.56 Å². The third kappa shape index (κ3) is 2.34. The topological polar surface area (TPSA) is 37.8 Å². The van der Waals surface area contributed by atoms with E-state index < -0.39 is 0 Å². The molecule has 1 aromatic heterocycles. The van der Waals surface area contributed by atoms with Gasteiger partial charge in [0.15, 0.2) is 4.77 Å². The third-order valence-electron chi connectivity index (χ3n) is 1.99. The maximum atomic E-state index is 11.1. The third-order valence-corrected chi connectivity index (χ3v) is 3.42. The summed E-state index contributed by atoms with van der Waals surface area (Å²) in [6, 6.07) is 7.17. The average Bonchev–Trinajstić information content (AvgIpc) is 2.19. The molecule has 1 heterocycles. The molecule has 0 aliphatic heterocycles. The summed E-state index contributed by atoms with van der Waals surface area (Å²) in [4.78, 5) is 13.6. The van der Waals surface area contributed by atoms with Crippen LogP contribution in [0.3, 0.4) is 0 Å². The maximum absolute atomic E-state index is 11.1. The van der Waals surface area contributed by atoms with Crippen molar-refractivity contribution in [3.63, 3.8) is 0 Å². The van der Waals surface area contributed by atoms with E-state index in [9.17, 15) is 4.79 Å². The number of hydrogen-bond donors (Lipinski definition) is 1. The molecule has 1 N–H and O–H groups in total. The van der Waals surface area contributed by atoms with Gasteiger partial charge in [-0.2, -0.15) is 0 Å². The summed E-state index contributed by atoms with van der Waals surface area (Å²) in [6.45, 7) is 0. The van der Waals surface area contributed by atoms with Crippen LogP contribution in [-0.2, 0) is 0 Å². The summed E-state index contributed by atoms with van der Waals surface area (Å²) in [5, 5.41) is 0. The molecule has 0 amide bonds. The highest BCUT2D eigenvalue weighted by atomic mass is 79.9. The molecule has 0 fully saturated rings. The van der Waals surface area contributed by atoms with Crippen LogP contribution in [0.4, 0.5) is 0 Å². The van der Waals surface area contributed by atoms with Crippen molar-refractivity contribution in [1.29, 1.82) is 0 Å². The molecule has 0 radical (unpaired) electrons. The van der Waals surface area contributed by atoms with E-state index in [4.69, 9.17) is 12.2 Å². The summed E-state index contributed by atoms with van der Waals surface area (Å²) in [6.07, 6.45) is 1.65. The standard InChI is InChI=1S/C10H6Br2N2OS/c11-6-1-2-8(7(12)5-6)14-4-3-9(15)13-10(14)16/h1-5H,(H,13,15,16). The van der Waals surface area contributed by atoms with Gasteiger partial charge in [-0.1, -0.05) is 15.9 Å². The lowest BCUT2D eigenvalue weighted by molar-refractivity contribution is 0.933. The predicted molar refractivity (Wildman–Crippen MR) is 72.6 cm³/mol. The Bertz CT molecular complexity index is 648. The van der Waals surface area contributed by atoms with Gasteiger partial charge in [0.2, 0.25) is 0 Å². The summed E-state index contributed by atoms with van der Waals surface area (Å²) < 4.78 is 3.97. The predicted octanol–water partition coefficient (Wildman–Crippen LogP) is 3.42. The lowest BCUT2D eigenvalue weighted by atomic mass is 10.3. The van der Waals surface area contributed by atoms with E-state index in [0.717, 1.165) is 14.6 Å². The maximum Gasteiger partial charge on any atom is 0.251 e. The zero-order chi connectivity index (χ0) is 11.7. The first-order chi connectivity index (χ1) is 7.58. The molecule has 2 aromatic rings. The molecule has 0 unspecified atom stereocenters. The quantitative estimate of drug-likeness (QED) is 0.790. The molecule has 0 bridgehead atoms. The lowest BCUT2D eigenvalue weighted by Crippen LogP contribution is -2.10. The van der Waals surface area contributed by atoms with Gasteiger partial charge in [-0.05, 0) is 46.3 Å². The molecule has 16 heavy (non-hydrogen) atoms. The zero-order valence-corrected chi connectivity index (χ0v) is 11.9. The largest absolute Gasteiger partial charge is 0.299 e. The van der Waals surface area contributed by atoms with Crippen molar-refractivity contribution in [2.24, 2.45) is 0 Å². The van der Waals surface area contributed by atoms with Crippen LogP contribution < -0.4 is 5.56 Å². The Kier molecular flexibility index (Phi) is 3.41. The second kappa shape index (κ2) is 4.65. The van der Waals surface area contributed by atoms with Gasteiger partial charge in [0, 0.05) is 21.2 Å². The fourth-order valence-electron chi connectivity index (χ4n) is 1.28. The van der Waals surface area contributed by atoms with Crippen molar-refractivity contribution in [2.75, 3.05) is 0 Å².